The first-order valence-electron chi connectivity index (χ1n) is 16.1. The first-order chi connectivity index (χ1) is 22.5. The molecule has 13 heteroatoms. The van der Waals surface area contributed by atoms with Gasteiger partial charge in [-0.2, -0.15) is 0 Å². The standard InChI is InChI=1S/C35H46ClN5O6Si/c1-35(2,3)41(34(45)46)22-25-9-10-28(36)18-26(25)20-38-32(43)29-8-7-15-40(29)33(44)30-19-27(31(42)24-11-13-37-14-12-24)21-39(30)23-47-16-17-48(4,5)6/h9-14,18-19,21,29H,7-8,15-17,20,22-23H2,1-6H3,(H,38,43)(H,45,46)/t29-/m0/s1. The molecule has 0 unspecified atom stereocenters. The lowest BCUT2D eigenvalue weighted by atomic mass is 10.0. The molecule has 258 valence electrons. The molecule has 0 radical (unpaired) electrons. The van der Waals surface area contributed by atoms with Gasteiger partial charge in [0, 0.05) is 74.6 Å². The van der Waals surface area contributed by atoms with Crippen LogP contribution in [0.1, 0.15) is 71.1 Å². The van der Waals surface area contributed by atoms with Crippen LogP contribution in [0.2, 0.25) is 30.7 Å². The quantitative estimate of drug-likeness (QED) is 0.122. The first-order valence-corrected chi connectivity index (χ1v) is 20.2. The summed E-state index contributed by atoms with van der Waals surface area (Å²) in [6.07, 6.45) is 4.79. The van der Waals surface area contributed by atoms with Crippen molar-refractivity contribution in [1.82, 2.24) is 24.7 Å². The Morgan fingerprint density at radius 2 is 1.77 bits per heavy atom. The number of hydrogen-bond donors (Lipinski definition) is 2. The molecule has 1 aliphatic heterocycles. The average Bonchev–Trinajstić information content (AvgIpc) is 3.68. The number of hydrogen-bond acceptors (Lipinski definition) is 6. The van der Waals surface area contributed by atoms with Crippen molar-refractivity contribution in [3.63, 3.8) is 0 Å². The Morgan fingerprint density at radius 1 is 1.06 bits per heavy atom. The van der Waals surface area contributed by atoms with Gasteiger partial charge in [0.05, 0.1) is 0 Å². The Kier molecular flexibility index (Phi) is 11.9. The van der Waals surface area contributed by atoms with Gasteiger partial charge in [-0.25, -0.2) is 4.79 Å². The molecule has 1 saturated heterocycles. The van der Waals surface area contributed by atoms with E-state index >= 15 is 0 Å². The number of benzene rings is 1. The van der Waals surface area contributed by atoms with Crippen LogP contribution in [0.25, 0.3) is 0 Å². The molecule has 11 nitrogen and oxygen atoms in total. The number of likely N-dealkylation sites (tertiary alicyclic amines) is 1. The second-order valence-electron chi connectivity index (χ2n) is 14.3. The zero-order valence-electron chi connectivity index (χ0n) is 28.6. The van der Waals surface area contributed by atoms with Crippen molar-refractivity contribution in [2.24, 2.45) is 0 Å². The van der Waals surface area contributed by atoms with Gasteiger partial charge in [-0.3, -0.25) is 24.3 Å². The largest absolute Gasteiger partial charge is 0.465 e. The Labute approximate surface area is 288 Å². The maximum Gasteiger partial charge on any atom is 0.408 e. The van der Waals surface area contributed by atoms with Gasteiger partial charge in [-0.15, -0.1) is 0 Å². The molecule has 0 aliphatic carbocycles. The predicted octanol–water partition coefficient (Wildman–Crippen LogP) is 6.28. The molecule has 2 N–H and O–H groups in total. The summed E-state index contributed by atoms with van der Waals surface area (Å²) in [6, 6.07) is 10.2. The Morgan fingerprint density at radius 3 is 2.42 bits per heavy atom. The van der Waals surface area contributed by atoms with E-state index in [2.05, 4.69) is 29.9 Å². The number of ether oxygens (including phenoxy) is 1. The Balaban J connectivity index is 1.53. The van der Waals surface area contributed by atoms with E-state index in [9.17, 15) is 24.3 Å². The summed E-state index contributed by atoms with van der Waals surface area (Å²) in [5, 5.41) is 13.2. The van der Waals surface area contributed by atoms with E-state index in [1.165, 1.54) is 4.90 Å². The number of amides is 3. The summed E-state index contributed by atoms with van der Waals surface area (Å²) < 4.78 is 7.62. The van der Waals surface area contributed by atoms with E-state index < -0.39 is 25.7 Å². The molecule has 1 atom stereocenters. The van der Waals surface area contributed by atoms with Crippen LogP contribution in [0.4, 0.5) is 4.79 Å². The monoisotopic (exact) mass is 695 g/mol. The molecule has 4 rings (SSSR count). The van der Waals surface area contributed by atoms with Gasteiger partial charge in [-0.1, -0.05) is 37.3 Å². The van der Waals surface area contributed by atoms with E-state index in [4.69, 9.17) is 16.3 Å². The zero-order chi connectivity index (χ0) is 35.2. The number of aromatic nitrogens is 2. The highest BCUT2D eigenvalue weighted by Crippen LogP contribution is 2.25. The van der Waals surface area contributed by atoms with Crippen LogP contribution in [-0.4, -0.2) is 81.0 Å². The molecule has 0 bridgehead atoms. The third-order valence-electron chi connectivity index (χ3n) is 8.35. The maximum absolute atomic E-state index is 14.1. The molecule has 3 heterocycles. The minimum atomic E-state index is -1.34. The van der Waals surface area contributed by atoms with Gasteiger partial charge in [-0.05, 0) is 81.1 Å². The molecule has 1 fully saturated rings. The summed E-state index contributed by atoms with van der Waals surface area (Å²) in [6.45, 7) is 13.5. The number of pyridine rings is 1. The predicted molar refractivity (Wildman–Crippen MR) is 187 cm³/mol. The fourth-order valence-corrected chi connectivity index (χ4v) is 6.49. The number of nitrogens with zero attached hydrogens (tertiary/aromatic N) is 4. The van der Waals surface area contributed by atoms with Crippen LogP contribution in [0.3, 0.4) is 0 Å². The number of rotatable bonds is 13. The van der Waals surface area contributed by atoms with Crippen molar-refractivity contribution in [2.45, 2.75) is 90.7 Å². The first kappa shape index (κ1) is 36.8. The number of halogens is 1. The fraction of sp³-hybridized carbons (Fsp3) is 0.457. The molecule has 0 spiro atoms. The molecule has 1 aliphatic rings. The van der Waals surface area contributed by atoms with E-state index in [1.54, 1.807) is 64.5 Å². The highest BCUT2D eigenvalue weighted by atomic mass is 35.5. The Bertz CT molecular complexity index is 1630. The fourth-order valence-electron chi connectivity index (χ4n) is 5.54. The minimum absolute atomic E-state index is 0.0966. The number of nitrogens with one attached hydrogen (secondary N) is 1. The van der Waals surface area contributed by atoms with Gasteiger partial charge in [0.15, 0.2) is 5.78 Å². The zero-order valence-corrected chi connectivity index (χ0v) is 30.3. The van der Waals surface area contributed by atoms with Gasteiger partial charge >= 0.3 is 6.09 Å². The lowest BCUT2D eigenvalue weighted by Gasteiger charge is -2.33. The summed E-state index contributed by atoms with van der Waals surface area (Å²) >= 11 is 6.29. The van der Waals surface area contributed by atoms with Crippen molar-refractivity contribution in [3.8, 4) is 0 Å². The molecular weight excluding hydrogens is 650 g/mol. The highest BCUT2D eigenvalue weighted by molar-refractivity contribution is 6.76. The third-order valence-corrected chi connectivity index (χ3v) is 10.3. The SMILES string of the molecule is CC(C)(C)N(Cc1ccc(Cl)cc1CNC(=O)[C@@H]1CCCN1C(=O)c1cc(C(=O)c2ccncc2)cn1COCC[Si](C)(C)C)C(=O)O. The van der Waals surface area contributed by atoms with E-state index in [0.717, 1.165) is 11.6 Å². The highest BCUT2D eigenvalue weighted by Gasteiger charge is 2.36. The average molecular weight is 696 g/mol. The van der Waals surface area contributed by atoms with Crippen LogP contribution in [-0.2, 0) is 29.4 Å². The molecule has 48 heavy (non-hydrogen) atoms. The van der Waals surface area contributed by atoms with Gasteiger partial charge < -0.3 is 24.6 Å². The summed E-state index contributed by atoms with van der Waals surface area (Å²) in [5.74, 6) is -0.926. The smallest absolute Gasteiger partial charge is 0.408 e. The lowest BCUT2D eigenvalue weighted by molar-refractivity contribution is -0.125. The normalized spacial score (nSPS) is 15.0. The second-order valence-corrected chi connectivity index (χ2v) is 20.4. The van der Waals surface area contributed by atoms with Crippen molar-refractivity contribution < 1.29 is 29.0 Å². The maximum atomic E-state index is 14.1. The summed E-state index contributed by atoms with van der Waals surface area (Å²) in [7, 11) is -1.34. The third kappa shape index (κ3) is 9.54. The number of carboxylic acid groups (broad SMARTS) is 1. The molecule has 1 aromatic carbocycles. The van der Waals surface area contributed by atoms with Crippen LogP contribution >= 0.6 is 11.6 Å². The number of carbonyl (C=O) groups excluding carboxylic acids is 3. The molecule has 2 aromatic heterocycles. The van der Waals surface area contributed by atoms with E-state index in [-0.39, 0.29) is 43.1 Å². The minimum Gasteiger partial charge on any atom is -0.465 e. The van der Waals surface area contributed by atoms with Gasteiger partial charge in [0.1, 0.15) is 18.5 Å². The van der Waals surface area contributed by atoms with Crippen LogP contribution in [0.5, 0.6) is 0 Å². The van der Waals surface area contributed by atoms with Crippen molar-refractivity contribution in [1.29, 1.82) is 0 Å². The number of carbonyl (C=O) groups is 4. The van der Waals surface area contributed by atoms with Crippen LogP contribution in [0, 0.1) is 0 Å². The van der Waals surface area contributed by atoms with Gasteiger partial charge in [0.25, 0.3) is 5.91 Å². The Hall–Kier alpha value is -4.00. The molecular formula is C35H46ClN5O6Si. The van der Waals surface area contributed by atoms with Crippen LogP contribution < -0.4 is 5.32 Å². The molecule has 3 amide bonds. The van der Waals surface area contributed by atoms with Crippen molar-refractivity contribution in [3.05, 3.63) is 88.0 Å². The summed E-state index contributed by atoms with van der Waals surface area (Å²) in [5.41, 5.74) is 1.83. The molecule has 3 aromatic rings. The van der Waals surface area contributed by atoms with Crippen molar-refractivity contribution >= 4 is 43.4 Å². The van der Waals surface area contributed by atoms with E-state index in [1.807, 2.05) is 20.8 Å². The van der Waals surface area contributed by atoms with Crippen molar-refractivity contribution in [2.75, 3.05) is 13.2 Å². The lowest BCUT2D eigenvalue weighted by Crippen LogP contribution is -2.46. The number of ketones is 1. The second kappa shape index (κ2) is 15.5. The summed E-state index contributed by atoms with van der Waals surface area (Å²) in [4.78, 5) is 59.9. The molecule has 0 saturated carbocycles. The van der Waals surface area contributed by atoms with Gasteiger partial charge in [0.2, 0.25) is 5.91 Å². The van der Waals surface area contributed by atoms with E-state index in [0.29, 0.717) is 47.7 Å². The topological polar surface area (TPSA) is 134 Å². The van der Waals surface area contributed by atoms with Crippen LogP contribution in [0.15, 0.2) is 55.0 Å².